The van der Waals surface area contributed by atoms with E-state index in [9.17, 15) is 14.0 Å². The molecule has 3 aromatic carbocycles. The number of amides is 2. The number of hydrogen-bond acceptors (Lipinski definition) is 4. The summed E-state index contributed by atoms with van der Waals surface area (Å²) < 4.78 is 18.1. The molecule has 3 rings (SSSR count). The summed E-state index contributed by atoms with van der Waals surface area (Å²) >= 11 is 0. The second kappa shape index (κ2) is 9.27. The fourth-order valence-electron chi connectivity index (χ4n) is 2.46. The molecule has 0 atom stereocenters. The molecule has 2 N–H and O–H groups in total. The van der Waals surface area contributed by atoms with Crippen molar-refractivity contribution in [2.75, 3.05) is 12.4 Å². The summed E-state index contributed by atoms with van der Waals surface area (Å²) in [6.07, 6.45) is 1.51. The molecule has 0 fully saturated rings. The molecule has 0 spiro atoms. The smallest absolute Gasteiger partial charge is 0.271 e. The fraction of sp³-hybridized carbons (Fsp3) is 0.0455. The minimum atomic E-state index is -0.423. The number of hydrazone groups is 1. The predicted octanol–water partition coefficient (Wildman–Crippen LogP) is 3.85. The zero-order valence-electron chi connectivity index (χ0n) is 15.6. The van der Waals surface area contributed by atoms with Crippen LogP contribution in [-0.4, -0.2) is 25.1 Å². The average molecular weight is 391 g/mol. The number of carbonyl (C=O) groups excluding carboxylic acids is 2. The van der Waals surface area contributed by atoms with E-state index in [0.717, 1.165) is 11.3 Å². The molecule has 7 heteroatoms. The van der Waals surface area contributed by atoms with Crippen LogP contribution in [0.3, 0.4) is 0 Å². The van der Waals surface area contributed by atoms with E-state index in [1.54, 1.807) is 49.6 Å². The first-order valence-corrected chi connectivity index (χ1v) is 8.69. The molecule has 2 amide bonds. The summed E-state index contributed by atoms with van der Waals surface area (Å²) in [5, 5.41) is 6.61. The van der Waals surface area contributed by atoms with Crippen molar-refractivity contribution >= 4 is 23.7 Å². The lowest BCUT2D eigenvalue weighted by Gasteiger charge is -2.07. The number of nitrogens with one attached hydrogen (secondary N) is 2. The lowest BCUT2D eigenvalue weighted by molar-refractivity contribution is 0.0953. The summed E-state index contributed by atoms with van der Waals surface area (Å²) in [5.41, 5.74) is 4.31. The van der Waals surface area contributed by atoms with E-state index in [-0.39, 0.29) is 0 Å². The normalized spacial score (nSPS) is 10.6. The Kier molecular flexibility index (Phi) is 6.32. The van der Waals surface area contributed by atoms with Crippen LogP contribution in [0.25, 0.3) is 0 Å². The molecule has 6 nitrogen and oxygen atoms in total. The van der Waals surface area contributed by atoms with Crippen molar-refractivity contribution in [3.05, 3.63) is 95.3 Å². The van der Waals surface area contributed by atoms with Gasteiger partial charge in [0.15, 0.2) is 0 Å². The maximum absolute atomic E-state index is 13.0. The Morgan fingerprint density at radius 2 is 1.66 bits per heavy atom. The number of ether oxygens (including phenoxy) is 1. The van der Waals surface area contributed by atoms with Crippen LogP contribution in [0.15, 0.2) is 77.9 Å². The van der Waals surface area contributed by atoms with Gasteiger partial charge in [-0.15, -0.1) is 0 Å². The molecule has 0 saturated heterocycles. The van der Waals surface area contributed by atoms with Gasteiger partial charge in [-0.05, 0) is 72.3 Å². The number of carbonyl (C=O) groups is 2. The second-order valence-electron chi connectivity index (χ2n) is 6.01. The fourth-order valence-corrected chi connectivity index (χ4v) is 2.46. The number of methoxy groups -OCH3 is 1. The number of rotatable bonds is 6. The van der Waals surface area contributed by atoms with Gasteiger partial charge in [-0.2, -0.15) is 5.10 Å². The Hall–Kier alpha value is -4.00. The van der Waals surface area contributed by atoms with Crippen LogP contribution in [0.2, 0.25) is 0 Å². The number of halogens is 1. The van der Waals surface area contributed by atoms with Crippen molar-refractivity contribution < 1.29 is 18.7 Å². The molecule has 0 saturated carbocycles. The molecule has 0 bridgehead atoms. The lowest BCUT2D eigenvalue weighted by atomic mass is 10.1. The van der Waals surface area contributed by atoms with E-state index < -0.39 is 17.6 Å². The largest absolute Gasteiger partial charge is 0.497 e. The van der Waals surface area contributed by atoms with Crippen LogP contribution < -0.4 is 15.5 Å². The van der Waals surface area contributed by atoms with E-state index in [2.05, 4.69) is 15.8 Å². The number of anilines is 1. The highest BCUT2D eigenvalue weighted by molar-refractivity contribution is 6.05. The van der Waals surface area contributed by atoms with E-state index in [1.807, 2.05) is 0 Å². The van der Waals surface area contributed by atoms with Gasteiger partial charge >= 0.3 is 0 Å². The first kappa shape index (κ1) is 19.8. The minimum absolute atomic E-state index is 0.311. The maximum Gasteiger partial charge on any atom is 0.271 e. The summed E-state index contributed by atoms with van der Waals surface area (Å²) in [4.78, 5) is 24.5. The summed E-state index contributed by atoms with van der Waals surface area (Å²) in [5.74, 6) is -0.520. The standard InChI is InChI=1S/C22H18FN3O3/c1-29-20-11-5-15(6-12-20)14-24-26-22(28)17-3-2-4-19(13-17)25-21(27)16-7-9-18(23)10-8-16/h2-14H,1H3,(H,25,27)(H,26,28). The van der Waals surface area contributed by atoms with Crippen LogP contribution in [-0.2, 0) is 0 Å². The highest BCUT2D eigenvalue weighted by Gasteiger charge is 2.09. The monoisotopic (exact) mass is 391 g/mol. The van der Waals surface area contributed by atoms with Crippen molar-refractivity contribution in [2.45, 2.75) is 0 Å². The highest BCUT2D eigenvalue weighted by atomic mass is 19.1. The Morgan fingerprint density at radius 3 is 2.34 bits per heavy atom. The van der Waals surface area contributed by atoms with Gasteiger partial charge in [0.2, 0.25) is 0 Å². The van der Waals surface area contributed by atoms with Gasteiger partial charge in [0.05, 0.1) is 13.3 Å². The molecule has 29 heavy (non-hydrogen) atoms. The van der Waals surface area contributed by atoms with Crippen LogP contribution in [0, 0.1) is 5.82 Å². The Labute approximate surface area is 167 Å². The van der Waals surface area contributed by atoms with Crippen LogP contribution in [0.4, 0.5) is 10.1 Å². The summed E-state index contributed by atoms with van der Waals surface area (Å²) in [6.45, 7) is 0. The van der Waals surface area contributed by atoms with E-state index in [1.165, 1.54) is 36.5 Å². The van der Waals surface area contributed by atoms with Gasteiger partial charge in [-0.1, -0.05) is 6.07 Å². The van der Waals surface area contributed by atoms with Gasteiger partial charge in [-0.25, -0.2) is 9.82 Å². The van der Waals surface area contributed by atoms with Gasteiger partial charge in [0.25, 0.3) is 11.8 Å². The van der Waals surface area contributed by atoms with Gasteiger partial charge < -0.3 is 10.1 Å². The maximum atomic E-state index is 13.0. The van der Waals surface area contributed by atoms with E-state index >= 15 is 0 Å². The molecule has 0 aromatic heterocycles. The van der Waals surface area contributed by atoms with Crippen LogP contribution in [0.5, 0.6) is 5.75 Å². The second-order valence-corrected chi connectivity index (χ2v) is 6.01. The zero-order valence-corrected chi connectivity index (χ0v) is 15.6. The van der Waals surface area contributed by atoms with Crippen molar-refractivity contribution in [3.8, 4) is 5.75 Å². The quantitative estimate of drug-likeness (QED) is 0.495. The molecular formula is C22H18FN3O3. The summed E-state index contributed by atoms with van der Waals surface area (Å²) in [6, 6.07) is 18.8. The van der Waals surface area contributed by atoms with Crippen molar-refractivity contribution in [1.82, 2.24) is 5.43 Å². The minimum Gasteiger partial charge on any atom is -0.497 e. The zero-order chi connectivity index (χ0) is 20.6. The molecule has 0 unspecified atom stereocenters. The highest BCUT2D eigenvalue weighted by Crippen LogP contribution is 2.13. The first-order chi connectivity index (χ1) is 14.0. The molecule has 0 aliphatic heterocycles. The molecule has 0 radical (unpaired) electrons. The van der Waals surface area contributed by atoms with Crippen molar-refractivity contribution in [1.29, 1.82) is 0 Å². The Morgan fingerprint density at radius 1 is 0.931 bits per heavy atom. The van der Waals surface area contributed by atoms with Crippen molar-refractivity contribution in [3.63, 3.8) is 0 Å². The lowest BCUT2D eigenvalue weighted by Crippen LogP contribution is -2.18. The van der Waals surface area contributed by atoms with Crippen LogP contribution >= 0.6 is 0 Å². The van der Waals surface area contributed by atoms with E-state index in [4.69, 9.17) is 4.74 Å². The number of benzene rings is 3. The molecular weight excluding hydrogens is 373 g/mol. The molecule has 3 aromatic rings. The topological polar surface area (TPSA) is 79.8 Å². The third-order valence-electron chi connectivity index (χ3n) is 3.98. The first-order valence-electron chi connectivity index (χ1n) is 8.69. The SMILES string of the molecule is COc1ccc(C=NNC(=O)c2cccc(NC(=O)c3ccc(F)cc3)c2)cc1. The molecule has 0 heterocycles. The molecule has 146 valence electrons. The number of nitrogens with zero attached hydrogens (tertiary/aromatic N) is 1. The average Bonchev–Trinajstić information content (AvgIpc) is 2.75. The Balaban J connectivity index is 1.61. The third kappa shape index (κ3) is 5.49. The van der Waals surface area contributed by atoms with Gasteiger partial charge in [-0.3, -0.25) is 9.59 Å². The van der Waals surface area contributed by atoms with Crippen molar-refractivity contribution in [2.24, 2.45) is 5.10 Å². The third-order valence-corrected chi connectivity index (χ3v) is 3.98. The molecule has 0 aliphatic carbocycles. The molecule has 0 aliphatic rings. The van der Waals surface area contributed by atoms with Crippen LogP contribution in [0.1, 0.15) is 26.3 Å². The van der Waals surface area contributed by atoms with E-state index in [0.29, 0.717) is 16.8 Å². The van der Waals surface area contributed by atoms with Gasteiger partial charge in [0, 0.05) is 16.8 Å². The Bertz CT molecular complexity index is 1030. The summed E-state index contributed by atoms with van der Waals surface area (Å²) in [7, 11) is 1.58. The number of hydrogen-bond donors (Lipinski definition) is 2. The van der Waals surface area contributed by atoms with Gasteiger partial charge in [0.1, 0.15) is 11.6 Å². The predicted molar refractivity (Wildman–Crippen MR) is 109 cm³/mol.